The largest absolute Gasteiger partial charge is 0.336 e. The van der Waals surface area contributed by atoms with Crippen LogP contribution in [0.5, 0.6) is 0 Å². The molecule has 1 fully saturated rings. The average Bonchev–Trinajstić information content (AvgIpc) is 2.76. The third-order valence-electron chi connectivity index (χ3n) is 5.97. The number of nitrogens with zero attached hydrogens (tertiary/aromatic N) is 4. The smallest absolute Gasteiger partial charge is 0.261 e. The van der Waals surface area contributed by atoms with E-state index in [9.17, 15) is 9.59 Å². The third kappa shape index (κ3) is 3.73. The van der Waals surface area contributed by atoms with Crippen LogP contribution in [0.15, 0.2) is 47.3 Å². The summed E-state index contributed by atoms with van der Waals surface area (Å²) in [6, 6.07) is 12.8. The van der Waals surface area contributed by atoms with Crippen LogP contribution in [0.25, 0.3) is 10.9 Å². The molecular weight excluding hydrogens is 400 g/mol. The maximum atomic E-state index is 12.9. The Morgan fingerprint density at radius 1 is 1.10 bits per heavy atom. The molecule has 1 aromatic heterocycles. The Balaban J connectivity index is 1.52. The summed E-state index contributed by atoms with van der Waals surface area (Å²) in [5, 5.41) is 1.05. The molecule has 0 spiro atoms. The lowest BCUT2D eigenvalue weighted by molar-refractivity contribution is 0.0571. The first-order valence-corrected chi connectivity index (χ1v) is 10.5. The Morgan fingerprint density at radius 3 is 2.50 bits per heavy atom. The van der Waals surface area contributed by atoms with Gasteiger partial charge in [0.1, 0.15) is 5.82 Å². The van der Waals surface area contributed by atoms with Gasteiger partial charge in [-0.2, -0.15) is 0 Å². The number of hydrogen-bond acceptors (Lipinski definition) is 4. The number of carbonyl (C=O) groups is 1. The zero-order chi connectivity index (χ0) is 21.4. The van der Waals surface area contributed by atoms with Crippen molar-refractivity contribution >= 4 is 28.4 Å². The topological polar surface area (TPSA) is 58.4 Å². The van der Waals surface area contributed by atoms with E-state index in [1.54, 1.807) is 29.8 Å². The molecule has 4 rings (SSSR count). The predicted octanol–water partition coefficient (Wildman–Crippen LogP) is 3.41. The van der Waals surface area contributed by atoms with Crippen molar-refractivity contribution in [3.05, 3.63) is 74.8 Å². The summed E-state index contributed by atoms with van der Waals surface area (Å²) >= 11 is 6.04. The van der Waals surface area contributed by atoms with Crippen LogP contribution in [0.3, 0.4) is 0 Å². The van der Waals surface area contributed by atoms with Crippen LogP contribution in [0, 0.1) is 6.92 Å². The van der Waals surface area contributed by atoms with E-state index in [2.05, 4.69) is 11.8 Å². The minimum absolute atomic E-state index is 0.0431. The van der Waals surface area contributed by atoms with Gasteiger partial charge < -0.3 is 4.90 Å². The number of fused-ring (bicyclic) bond motifs is 1. The molecule has 30 heavy (non-hydrogen) atoms. The van der Waals surface area contributed by atoms with Crippen LogP contribution in [-0.2, 0) is 7.05 Å². The first-order chi connectivity index (χ1) is 14.4. The van der Waals surface area contributed by atoms with Crippen LogP contribution in [0.1, 0.15) is 34.7 Å². The molecule has 1 aliphatic rings. The second kappa shape index (κ2) is 8.20. The normalized spacial score (nSPS) is 16.1. The number of benzene rings is 2. The lowest BCUT2D eigenvalue weighted by atomic mass is 10.1. The molecule has 6 nitrogen and oxygen atoms in total. The molecule has 2 heterocycles. The highest BCUT2D eigenvalue weighted by molar-refractivity contribution is 6.31. The molecule has 0 N–H and O–H groups in total. The summed E-state index contributed by atoms with van der Waals surface area (Å²) < 4.78 is 1.61. The molecule has 0 bridgehead atoms. The van der Waals surface area contributed by atoms with Crippen molar-refractivity contribution in [2.45, 2.75) is 19.9 Å². The second-order valence-corrected chi connectivity index (χ2v) is 8.25. The number of halogens is 1. The Hall–Kier alpha value is -2.70. The van der Waals surface area contributed by atoms with E-state index in [1.807, 2.05) is 36.1 Å². The van der Waals surface area contributed by atoms with E-state index in [0.29, 0.717) is 34.8 Å². The van der Waals surface area contributed by atoms with E-state index in [4.69, 9.17) is 16.6 Å². The molecule has 0 saturated carbocycles. The fourth-order valence-electron chi connectivity index (χ4n) is 4.09. The number of aromatic nitrogens is 2. The molecule has 1 aliphatic heterocycles. The van der Waals surface area contributed by atoms with Gasteiger partial charge in [-0.25, -0.2) is 4.98 Å². The maximum absolute atomic E-state index is 12.9. The average molecular weight is 425 g/mol. The first-order valence-electron chi connectivity index (χ1n) is 10.1. The lowest BCUT2D eigenvalue weighted by Crippen LogP contribution is -2.50. The highest BCUT2D eigenvalue weighted by atomic mass is 35.5. The van der Waals surface area contributed by atoms with Gasteiger partial charge in [0.2, 0.25) is 0 Å². The van der Waals surface area contributed by atoms with Crippen molar-refractivity contribution in [2.75, 3.05) is 26.2 Å². The molecule has 1 unspecified atom stereocenters. The van der Waals surface area contributed by atoms with Crippen LogP contribution in [0.2, 0.25) is 5.02 Å². The minimum Gasteiger partial charge on any atom is -0.336 e. The molecule has 3 aromatic rings. The van der Waals surface area contributed by atoms with Gasteiger partial charge in [0.15, 0.2) is 0 Å². The van der Waals surface area contributed by atoms with Crippen LogP contribution >= 0.6 is 11.6 Å². The van der Waals surface area contributed by atoms with E-state index >= 15 is 0 Å². The predicted molar refractivity (Wildman–Crippen MR) is 119 cm³/mol. The molecular formula is C23H25ClN4O2. The lowest BCUT2D eigenvalue weighted by Gasteiger charge is -2.38. The highest BCUT2D eigenvalue weighted by Crippen LogP contribution is 2.23. The molecule has 0 aliphatic carbocycles. The quantitative estimate of drug-likeness (QED) is 0.646. The fourth-order valence-corrected chi connectivity index (χ4v) is 4.26. The molecule has 1 amide bonds. The van der Waals surface area contributed by atoms with Gasteiger partial charge in [-0.1, -0.05) is 29.8 Å². The van der Waals surface area contributed by atoms with Crippen LogP contribution in [-0.4, -0.2) is 51.4 Å². The zero-order valence-corrected chi connectivity index (χ0v) is 18.2. The summed E-state index contributed by atoms with van der Waals surface area (Å²) in [4.78, 5) is 34.6. The summed E-state index contributed by atoms with van der Waals surface area (Å²) in [6.07, 6.45) is 0. The van der Waals surface area contributed by atoms with Gasteiger partial charge in [0, 0.05) is 43.8 Å². The van der Waals surface area contributed by atoms with E-state index in [1.165, 1.54) is 0 Å². The third-order valence-corrected chi connectivity index (χ3v) is 6.21. The maximum Gasteiger partial charge on any atom is 0.261 e. The van der Waals surface area contributed by atoms with Gasteiger partial charge in [-0.15, -0.1) is 0 Å². The SMILES string of the molecule is Cc1ccccc1C(=O)N1CCN(C(C)c2nc3ccc(Cl)cc3c(=O)n2C)CC1. The number of carbonyl (C=O) groups excluding carboxylic acids is 1. The molecule has 1 atom stereocenters. The summed E-state index contributed by atoms with van der Waals surface area (Å²) in [7, 11) is 1.75. The Bertz CT molecular complexity index is 1170. The summed E-state index contributed by atoms with van der Waals surface area (Å²) in [6.45, 7) is 6.77. The molecule has 7 heteroatoms. The molecule has 2 aromatic carbocycles. The van der Waals surface area contributed by atoms with E-state index in [0.717, 1.165) is 24.2 Å². The van der Waals surface area contributed by atoms with Gasteiger partial charge in [0.25, 0.3) is 11.5 Å². The Kier molecular flexibility index (Phi) is 5.62. The Morgan fingerprint density at radius 2 is 1.80 bits per heavy atom. The van der Waals surface area contributed by atoms with Gasteiger partial charge in [0.05, 0.1) is 16.9 Å². The summed E-state index contributed by atoms with van der Waals surface area (Å²) in [5.74, 6) is 0.794. The van der Waals surface area contributed by atoms with E-state index in [-0.39, 0.29) is 17.5 Å². The monoisotopic (exact) mass is 424 g/mol. The van der Waals surface area contributed by atoms with Crippen molar-refractivity contribution in [2.24, 2.45) is 7.05 Å². The standard InChI is InChI=1S/C23H25ClN4O2/c1-15-6-4-5-7-18(15)23(30)28-12-10-27(11-13-28)16(2)21-25-20-9-8-17(24)14-19(20)22(29)26(21)3/h4-9,14,16H,10-13H2,1-3H3. The van der Waals surface area contributed by atoms with Crippen molar-refractivity contribution in [3.63, 3.8) is 0 Å². The molecule has 156 valence electrons. The van der Waals surface area contributed by atoms with E-state index < -0.39 is 0 Å². The number of piperazine rings is 1. The van der Waals surface area contributed by atoms with Crippen molar-refractivity contribution in [1.82, 2.24) is 19.4 Å². The van der Waals surface area contributed by atoms with Crippen molar-refractivity contribution in [3.8, 4) is 0 Å². The Labute approximate surface area is 180 Å². The zero-order valence-electron chi connectivity index (χ0n) is 17.4. The highest BCUT2D eigenvalue weighted by Gasteiger charge is 2.28. The minimum atomic E-state index is -0.0993. The molecule has 0 radical (unpaired) electrons. The summed E-state index contributed by atoms with van der Waals surface area (Å²) in [5.41, 5.74) is 2.31. The van der Waals surface area contributed by atoms with Gasteiger partial charge >= 0.3 is 0 Å². The number of amides is 1. The second-order valence-electron chi connectivity index (χ2n) is 7.81. The first kappa shape index (κ1) is 20.6. The van der Waals surface area contributed by atoms with Gasteiger partial charge in [-0.3, -0.25) is 19.1 Å². The molecule has 1 saturated heterocycles. The number of aryl methyl sites for hydroxylation is 1. The number of rotatable bonds is 3. The van der Waals surface area contributed by atoms with Gasteiger partial charge in [-0.05, 0) is 43.7 Å². The van der Waals surface area contributed by atoms with Crippen LogP contribution < -0.4 is 5.56 Å². The van der Waals surface area contributed by atoms with Crippen LogP contribution in [0.4, 0.5) is 0 Å². The van der Waals surface area contributed by atoms with Crippen molar-refractivity contribution in [1.29, 1.82) is 0 Å². The number of hydrogen-bond donors (Lipinski definition) is 0. The van der Waals surface area contributed by atoms with Crippen molar-refractivity contribution < 1.29 is 4.79 Å². The fraction of sp³-hybridized carbons (Fsp3) is 0.348.